The fourth-order valence-corrected chi connectivity index (χ4v) is 2.70. The maximum Gasteiger partial charge on any atom is 0.123 e. The van der Waals surface area contributed by atoms with Gasteiger partial charge < -0.3 is 10.2 Å². The lowest BCUT2D eigenvalue weighted by molar-refractivity contribution is 0.376. The molecule has 0 spiro atoms. The van der Waals surface area contributed by atoms with Gasteiger partial charge in [-0.05, 0) is 49.9 Å². The third kappa shape index (κ3) is 2.29. The number of nitrogens with zero attached hydrogens (tertiary/aromatic N) is 1. The number of anilines is 1. The van der Waals surface area contributed by atoms with Gasteiger partial charge in [0.15, 0.2) is 0 Å². The molecule has 0 bridgehead atoms. The number of nitrogens with one attached hydrogen (secondary N) is 1. The van der Waals surface area contributed by atoms with Crippen LogP contribution in [0.25, 0.3) is 0 Å². The number of piperazine rings is 1. The predicted molar refractivity (Wildman–Crippen MR) is 67.7 cm³/mol. The Labute approximate surface area is 102 Å². The minimum atomic E-state index is -0.157. The molecular weight excluding hydrogens is 215 g/mol. The summed E-state index contributed by atoms with van der Waals surface area (Å²) in [5.74, 6) is 0.709. The lowest BCUT2D eigenvalue weighted by Gasteiger charge is -2.40. The molecule has 0 aromatic heterocycles. The molecular formula is C14H19FN2. The molecule has 2 fully saturated rings. The molecule has 3 rings (SSSR count). The van der Waals surface area contributed by atoms with Gasteiger partial charge in [-0.1, -0.05) is 0 Å². The number of hydrogen-bond acceptors (Lipinski definition) is 2. The largest absolute Gasteiger partial charge is 0.366 e. The van der Waals surface area contributed by atoms with Crippen LogP contribution in [0, 0.1) is 11.7 Å². The summed E-state index contributed by atoms with van der Waals surface area (Å²) < 4.78 is 12.9. The fourth-order valence-electron chi connectivity index (χ4n) is 2.70. The van der Waals surface area contributed by atoms with Crippen LogP contribution in [0.15, 0.2) is 24.3 Å². The number of benzene rings is 1. The van der Waals surface area contributed by atoms with E-state index >= 15 is 0 Å². The zero-order valence-corrected chi connectivity index (χ0v) is 10.2. The van der Waals surface area contributed by atoms with E-state index < -0.39 is 0 Å². The van der Waals surface area contributed by atoms with Crippen LogP contribution in [0.3, 0.4) is 0 Å². The Bertz CT molecular complexity index is 386. The normalized spacial score (nSPS) is 29.4. The highest BCUT2D eigenvalue weighted by molar-refractivity contribution is 5.48. The Kier molecular flexibility index (Phi) is 2.79. The summed E-state index contributed by atoms with van der Waals surface area (Å²) in [6.45, 7) is 4.30. The van der Waals surface area contributed by atoms with Gasteiger partial charge in [-0.2, -0.15) is 0 Å². The summed E-state index contributed by atoms with van der Waals surface area (Å²) in [5, 5.41) is 3.63. The number of halogens is 1. The van der Waals surface area contributed by atoms with E-state index in [0.29, 0.717) is 12.1 Å². The van der Waals surface area contributed by atoms with Crippen LogP contribution >= 0.6 is 0 Å². The average molecular weight is 234 g/mol. The van der Waals surface area contributed by atoms with E-state index in [9.17, 15) is 4.39 Å². The van der Waals surface area contributed by atoms with Crippen LogP contribution in [0.5, 0.6) is 0 Å². The van der Waals surface area contributed by atoms with E-state index in [0.717, 1.165) is 24.7 Å². The summed E-state index contributed by atoms with van der Waals surface area (Å²) in [6, 6.07) is 7.99. The molecule has 2 unspecified atom stereocenters. The molecule has 1 aliphatic carbocycles. The van der Waals surface area contributed by atoms with Crippen molar-refractivity contribution < 1.29 is 4.39 Å². The molecule has 1 aliphatic heterocycles. The third-order valence-electron chi connectivity index (χ3n) is 3.95. The molecule has 0 amide bonds. The van der Waals surface area contributed by atoms with E-state index in [4.69, 9.17) is 0 Å². The van der Waals surface area contributed by atoms with Gasteiger partial charge in [-0.15, -0.1) is 0 Å². The molecule has 2 aliphatic rings. The summed E-state index contributed by atoms with van der Waals surface area (Å²) in [4.78, 5) is 2.40. The molecule has 1 saturated heterocycles. The summed E-state index contributed by atoms with van der Waals surface area (Å²) >= 11 is 0. The first-order valence-electron chi connectivity index (χ1n) is 6.49. The Morgan fingerprint density at radius 1 is 1.24 bits per heavy atom. The summed E-state index contributed by atoms with van der Waals surface area (Å²) in [7, 11) is 0. The second-order valence-electron chi connectivity index (χ2n) is 5.33. The van der Waals surface area contributed by atoms with Gasteiger partial charge in [0.05, 0.1) is 0 Å². The van der Waals surface area contributed by atoms with Crippen LogP contribution in [-0.4, -0.2) is 25.2 Å². The van der Waals surface area contributed by atoms with Crippen molar-refractivity contribution in [2.45, 2.75) is 31.8 Å². The van der Waals surface area contributed by atoms with Crippen molar-refractivity contribution in [1.82, 2.24) is 5.32 Å². The number of rotatable bonds is 2. The topological polar surface area (TPSA) is 15.3 Å². The first kappa shape index (κ1) is 11.0. The van der Waals surface area contributed by atoms with Crippen molar-refractivity contribution in [2.75, 3.05) is 18.0 Å². The van der Waals surface area contributed by atoms with Crippen LogP contribution in [0.1, 0.15) is 19.8 Å². The van der Waals surface area contributed by atoms with Crippen molar-refractivity contribution in [2.24, 2.45) is 5.92 Å². The van der Waals surface area contributed by atoms with Crippen LogP contribution in [0.4, 0.5) is 10.1 Å². The highest BCUT2D eigenvalue weighted by atomic mass is 19.1. The van der Waals surface area contributed by atoms with E-state index in [1.807, 2.05) is 12.1 Å². The summed E-state index contributed by atoms with van der Waals surface area (Å²) in [5.41, 5.74) is 1.14. The van der Waals surface area contributed by atoms with Crippen LogP contribution < -0.4 is 10.2 Å². The standard InChI is InChI=1S/C14H19FN2/c1-10-8-16-14(11-2-3-11)9-17(10)13-6-4-12(15)5-7-13/h4-7,10-11,14,16H,2-3,8-9H2,1H3. The van der Waals surface area contributed by atoms with Gasteiger partial charge in [0.25, 0.3) is 0 Å². The van der Waals surface area contributed by atoms with Gasteiger partial charge in [0.2, 0.25) is 0 Å². The first-order chi connectivity index (χ1) is 8.24. The minimum Gasteiger partial charge on any atom is -0.366 e. The SMILES string of the molecule is CC1CNC(C2CC2)CN1c1ccc(F)cc1. The monoisotopic (exact) mass is 234 g/mol. The zero-order valence-electron chi connectivity index (χ0n) is 10.2. The molecule has 3 heteroatoms. The van der Waals surface area contributed by atoms with Crippen molar-refractivity contribution in [3.8, 4) is 0 Å². The Morgan fingerprint density at radius 3 is 2.59 bits per heavy atom. The van der Waals surface area contributed by atoms with Crippen molar-refractivity contribution in [1.29, 1.82) is 0 Å². The molecule has 0 radical (unpaired) electrons. The molecule has 2 atom stereocenters. The maximum atomic E-state index is 12.9. The second kappa shape index (κ2) is 4.30. The third-order valence-corrected chi connectivity index (χ3v) is 3.95. The second-order valence-corrected chi connectivity index (χ2v) is 5.33. The van der Waals surface area contributed by atoms with Gasteiger partial charge >= 0.3 is 0 Å². The molecule has 2 nitrogen and oxygen atoms in total. The average Bonchev–Trinajstić information content (AvgIpc) is 3.15. The molecule has 92 valence electrons. The minimum absolute atomic E-state index is 0.157. The molecule has 1 saturated carbocycles. The Balaban J connectivity index is 1.76. The van der Waals surface area contributed by atoms with Crippen molar-refractivity contribution in [3.05, 3.63) is 30.1 Å². The van der Waals surface area contributed by atoms with Gasteiger partial charge in [-0.3, -0.25) is 0 Å². The lowest BCUT2D eigenvalue weighted by Crippen LogP contribution is -2.56. The fraction of sp³-hybridized carbons (Fsp3) is 0.571. The quantitative estimate of drug-likeness (QED) is 0.845. The molecule has 1 aromatic carbocycles. The Hall–Kier alpha value is -1.09. The first-order valence-corrected chi connectivity index (χ1v) is 6.49. The highest BCUT2D eigenvalue weighted by Crippen LogP contribution is 2.35. The van der Waals surface area contributed by atoms with E-state index in [2.05, 4.69) is 17.1 Å². The highest BCUT2D eigenvalue weighted by Gasteiger charge is 2.36. The predicted octanol–water partition coefficient (Wildman–Crippen LogP) is 2.40. The molecule has 1 aromatic rings. The Morgan fingerprint density at radius 2 is 1.94 bits per heavy atom. The molecule has 1 N–H and O–H groups in total. The lowest BCUT2D eigenvalue weighted by atomic mass is 10.1. The maximum absolute atomic E-state index is 12.9. The zero-order chi connectivity index (χ0) is 11.8. The van der Waals surface area contributed by atoms with Gasteiger partial charge in [0, 0.05) is 30.9 Å². The summed E-state index contributed by atoms with van der Waals surface area (Å²) in [6.07, 6.45) is 2.73. The van der Waals surface area contributed by atoms with Crippen molar-refractivity contribution >= 4 is 5.69 Å². The van der Waals surface area contributed by atoms with E-state index in [-0.39, 0.29) is 5.82 Å². The van der Waals surface area contributed by atoms with Gasteiger partial charge in [-0.25, -0.2) is 4.39 Å². The molecule has 17 heavy (non-hydrogen) atoms. The number of hydrogen-bond donors (Lipinski definition) is 1. The molecule has 1 heterocycles. The van der Waals surface area contributed by atoms with E-state index in [1.54, 1.807) is 12.1 Å². The van der Waals surface area contributed by atoms with Crippen molar-refractivity contribution in [3.63, 3.8) is 0 Å². The van der Waals surface area contributed by atoms with Crippen LogP contribution in [0.2, 0.25) is 0 Å². The van der Waals surface area contributed by atoms with Gasteiger partial charge in [0.1, 0.15) is 5.82 Å². The van der Waals surface area contributed by atoms with E-state index in [1.165, 1.54) is 12.8 Å². The van der Waals surface area contributed by atoms with Crippen LogP contribution in [-0.2, 0) is 0 Å². The smallest absolute Gasteiger partial charge is 0.123 e.